The molecule has 2 atom stereocenters. The van der Waals surface area contributed by atoms with E-state index in [1.165, 1.54) is 10.5 Å². The van der Waals surface area contributed by atoms with E-state index in [1.807, 2.05) is 11.8 Å². The first kappa shape index (κ1) is 10.3. The summed E-state index contributed by atoms with van der Waals surface area (Å²) in [5.41, 5.74) is 1.17. The summed E-state index contributed by atoms with van der Waals surface area (Å²) >= 11 is 7.83. The molecule has 1 heterocycles. The summed E-state index contributed by atoms with van der Waals surface area (Å²) in [5, 5.41) is 0.402. The second kappa shape index (κ2) is 4.56. The highest BCUT2D eigenvalue weighted by molar-refractivity contribution is 8.00. The number of alkyl halides is 1. The van der Waals surface area contributed by atoms with Crippen molar-refractivity contribution in [2.24, 2.45) is 0 Å². The Balaban J connectivity index is 2.00. The maximum atomic E-state index is 6.02. The number of hydrogen-bond acceptors (Lipinski definition) is 2. The van der Waals surface area contributed by atoms with Gasteiger partial charge in [-0.3, -0.25) is 0 Å². The van der Waals surface area contributed by atoms with Gasteiger partial charge < -0.3 is 4.74 Å². The van der Waals surface area contributed by atoms with Gasteiger partial charge in [0.25, 0.3) is 0 Å². The number of hydrogen-bond donors (Lipinski definition) is 0. The Kier molecular flexibility index (Phi) is 3.37. The molecule has 0 bridgehead atoms. The average Bonchev–Trinajstić information content (AvgIpc) is 2.56. The minimum atomic E-state index is -0.124. The molecule has 1 aliphatic rings. The van der Waals surface area contributed by atoms with Crippen LogP contribution in [0.2, 0.25) is 0 Å². The van der Waals surface area contributed by atoms with E-state index in [0.717, 1.165) is 13.0 Å². The average molecular weight is 229 g/mol. The van der Waals surface area contributed by atoms with Crippen LogP contribution in [0.25, 0.3) is 0 Å². The summed E-state index contributed by atoms with van der Waals surface area (Å²) in [6.07, 6.45) is 1.05. The maximum absolute atomic E-state index is 6.02. The molecule has 0 saturated carbocycles. The van der Waals surface area contributed by atoms with Gasteiger partial charge in [-0.25, -0.2) is 0 Å². The SMILES string of the molecule is Cc1ccc(SC2CCOC2Cl)cc1. The Morgan fingerprint density at radius 1 is 1.36 bits per heavy atom. The van der Waals surface area contributed by atoms with Gasteiger partial charge >= 0.3 is 0 Å². The Bertz CT molecular complexity index is 299. The summed E-state index contributed by atoms with van der Waals surface area (Å²) in [6.45, 7) is 2.88. The number of benzene rings is 1. The molecule has 2 rings (SSSR count). The maximum Gasteiger partial charge on any atom is 0.143 e. The normalized spacial score (nSPS) is 26.7. The lowest BCUT2D eigenvalue weighted by atomic mass is 10.2. The van der Waals surface area contributed by atoms with Crippen LogP contribution in [0.1, 0.15) is 12.0 Å². The third-order valence-electron chi connectivity index (χ3n) is 2.28. The molecule has 0 amide bonds. The van der Waals surface area contributed by atoms with Gasteiger partial charge in [-0.15, -0.1) is 11.8 Å². The van der Waals surface area contributed by atoms with Gasteiger partial charge in [0.05, 0.1) is 5.25 Å². The number of halogens is 1. The molecule has 0 radical (unpaired) electrons. The minimum Gasteiger partial charge on any atom is -0.361 e. The fraction of sp³-hybridized carbons (Fsp3) is 0.455. The fourth-order valence-corrected chi connectivity index (χ4v) is 2.85. The second-order valence-corrected chi connectivity index (χ2v) is 5.22. The van der Waals surface area contributed by atoms with Crippen LogP contribution in [0.4, 0.5) is 0 Å². The lowest BCUT2D eigenvalue weighted by Gasteiger charge is -2.11. The van der Waals surface area contributed by atoms with Crippen LogP contribution in [-0.2, 0) is 4.74 Å². The third kappa shape index (κ3) is 2.44. The molecule has 1 aliphatic heterocycles. The summed E-state index contributed by atoms with van der Waals surface area (Å²) < 4.78 is 5.31. The standard InChI is InChI=1S/C11H13ClOS/c1-8-2-4-9(5-3-8)14-10-6-7-13-11(10)12/h2-5,10-11H,6-7H2,1H3. The van der Waals surface area contributed by atoms with Crippen LogP contribution in [0.5, 0.6) is 0 Å². The summed E-state index contributed by atoms with van der Waals surface area (Å²) in [4.78, 5) is 1.27. The molecule has 1 saturated heterocycles. The molecule has 0 N–H and O–H groups in total. The highest BCUT2D eigenvalue weighted by Crippen LogP contribution is 2.34. The van der Waals surface area contributed by atoms with Crippen molar-refractivity contribution in [3.63, 3.8) is 0 Å². The van der Waals surface area contributed by atoms with Gasteiger partial charge in [0, 0.05) is 11.5 Å². The number of aryl methyl sites for hydroxylation is 1. The van der Waals surface area contributed by atoms with Crippen molar-refractivity contribution in [1.29, 1.82) is 0 Å². The Morgan fingerprint density at radius 2 is 2.07 bits per heavy atom. The Hall–Kier alpha value is -0.180. The van der Waals surface area contributed by atoms with Crippen LogP contribution in [-0.4, -0.2) is 17.4 Å². The molecule has 0 spiro atoms. The third-order valence-corrected chi connectivity index (χ3v) is 4.19. The molecular formula is C11H13ClOS. The van der Waals surface area contributed by atoms with Gasteiger partial charge in [0.2, 0.25) is 0 Å². The van der Waals surface area contributed by atoms with E-state index in [9.17, 15) is 0 Å². The Morgan fingerprint density at radius 3 is 2.64 bits per heavy atom. The van der Waals surface area contributed by atoms with E-state index < -0.39 is 0 Å². The first-order chi connectivity index (χ1) is 6.75. The highest BCUT2D eigenvalue weighted by Gasteiger charge is 2.26. The molecule has 1 fully saturated rings. The first-order valence-corrected chi connectivity index (χ1v) is 6.06. The Labute approximate surface area is 93.8 Å². The minimum absolute atomic E-state index is 0.124. The predicted octanol–water partition coefficient (Wildman–Crippen LogP) is 3.44. The van der Waals surface area contributed by atoms with Crippen molar-refractivity contribution in [2.75, 3.05) is 6.61 Å². The van der Waals surface area contributed by atoms with E-state index in [4.69, 9.17) is 16.3 Å². The van der Waals surface area contributed by atoms with Crippen molar-refractivity contribution >= 4 is 23.4 Å². The van der Waals surface area contributed by atoms with E-state index >= 15 is 0 Å². The zero-order valence-corrected chi connectivity index (χ0v) is 9.65. The molecule has 1 nitrogen and oxygen atoms in total. The first-order valence-electron chi connectivity index (χ1n) is 4.75. The van der Waals surface area contributed by atoms with Crippen molar-refractivity contribution < 1.29 is 4.74 Å². The zero-order chi connectivity index (χ0) is 9.97. The summed E-state index contributed by atoms with van der Waals surface area (Å²) in [6, 6.07) is 8.53. The van der Waals surface area contributed by atoms with Gasteiger partial charge in [0.15, 0.2) is 0 Å². The van der Waals surface area contributed by atoms with Crippen LogP contribution in [0, 0.1) is 6.92 Å². The van der Waals surface area contributed by atoms with Gasteiger partial charge in [-0.05, 0) is 25.5 Å². The fourth-order valence-electron chi connectivity index (χ4n) is 1.44. The smallest absolute Gasteiger partial charge is 0.143 e. The summed E-state index contributed by atoms with van der Waals surface area (Å²) in [5.74, 6) is 0. The van der Waals surface area contributed by atoms with Gasteiger partial charge in [-0.2, -0.15) is 0 Å². The van der Waals surface area contributed by atoms with Crippen LogP contribution >= 0.6 is 23.4 Å². The highest BCUT2D eigenvalue weighted by atomic mass is 35.5. The van der Waals surface area contributed by atoms with Crippen molar-refractivity contribution in [3.05, 3.63) is 29.8 Å². The summed E-state index contributed by atoms with van der Waals surface area (Å²) in [7, 11) is 0. The quantitative estimate of drug-likeness (QED) is 0.718. The topological polar surface area (TPSA) is 9.23 Å². The molecule has 14 heavy (non-hydrogen) atoms. The van der Waals surface area contributed by atoms with Gasteiger partial charge in [-0.1, -0.05) is 29.3 Å². The number of rotatable bonds is 2. The molecule has 1 aromatic carbocycles. The molecule has 76 valence electrons. The van der Waals surface area contributed by atoms with Crippen molar-refractivity contribution in [2.45, 2.75) is 29.1 Å². The second-order valence-electron chi connectivity index (χ2n) is 3.48. The van der Waals surface area contributed by atoms with E-state index in [0.29, 0.717) is 5.25 Å². The van der Waals surface area contributed by atoms with Crippen LogP contribution in [0.3, 0.4) is 0 Å². The van der Waals surface area contributed by atoms with Crippen molar-refractivity contribution in [3.8, 4) is 0 Å². The zero-order valence-electron chi connectivity index (χ0n) is 8.07. The molecule has 0 aromatic heterocycles. The molecule has 0 aliphatic carbocycles. The molecular weight excluding hydrogens is 216 g/mol. The monoisotopic (exact) mass is 228 g/mol. The molecule has 3 heteroatoms. The predicted molar refractivity (Wildman–Crippen MR) is 61.0 cm³/mol. The van der Waals surface area contributed by atoms with Gasteiger partial charge in [0.1, 0.15) is 5.56 Å². The molecule has 1 aromatic rings. The van der Waals surface area contributed by atoms with Crippen LogP contribution in [0.15, 0.2) is 29.2 Å². The van der Waals surface area contributed by atoms with Crippen LogP contribution < -0.4 is 0 Å². The lowest BCUT2D eigenvalue weighted by Crippen LogP contribution is -2.09. The lowest BCUT2D eigenvalue weighted by molar-refractivity contribution is 0.170. The largest absolute Gasteiger partial charge is 0.361 e. The number of ether oxygens (including phenoxy) is 1. The number of thioether (sulfide) groups is 1. The van der Waals surface area contributed by atoms with E-state index in [1.54, 1.807) is 0 Å². The molecule has 2 unspecified atom stereocenters. The van der Waals surface area contributed by atoms with Crippen molar-refractivity contribution in [1.82, 2.24) is 0 Å². The van der Waals surface area contributed by atoms with E-state index in [-0.39, 0.29) is 5.56 Å². The van der Waals surface area contributed by atoms with E-state index in [2.05, 4.69) is 31.2 Å².